The van der Waals surface area contributed by atoms with Crippen molar-refractivity contribution in [2.45, 2.75) is 18.2 Å². The molecule has 0 saturated heterocycles. The van der Waals surface area contributed by atoms with Crippen LogP contribution in [0, 0.1) is 0 Å². The molecule has 9 heavy (non-hydrogen) atoms. The third-order valence-corrected chi connectivity index (χ3v) is 2.08. The summed E-state index contributed by atoms with van der Waals surface area (Å²) in [5.41, 5.74) is 0.564. The summed E-state index contributed by atoms with van der Waals surface area (Å²) in [6.45, 7) is 3.28. The van der Waals surface area contributed by atoms with Crippen molar-refractivity contribution in [3.63, 3.8) is 0 Å². The second kappa shape index (κ2) is 3.34. The van der Waals surface area contributed by atoms with Gasteiger partial charge < -0.3 is 0 Å². The van der Waals surface area contributed by atoms with E-state index in [-0.39, 0.29) is 4.49 Å². The second-order valence-electron chi connectivity index (χ2n) is 1.77. The van der Waals surface area contributed by atoms with Crippen LogP contribution in [0.1, 0.15) is 13.8 Å². The lowest BCUT2D eigenvalue weighted by atomic mass is 10.3. The van der Waals surface area contributed by atoms with Gasteiger partial charge in [0.15, 0.2) is 0 Å². The van der Waals surface area contributed by atoms with E-state index in [0.29, 0.717) is 5.57 Å². The first-order chi connectivity index (χ1) is 3.85. The smallest absolute Gasteiger partial charge is 0.0969 e. The zero-order valence-corrected chi connectivity index (χ0v) is 8.04. The topological polar surface area (TPSA) is 0 Å². The van der Waals surface area contributed by atoms with E-state index in [1.807, 2.05) is 0 Å². The molecule has 0 aromatic carbocycles. The van der Waals surface area contributed by atoms with Crippen LogP contribution in [-0.4, -0.2) is 4.33 Å². The molecule has 0 N–H and O–H groups in total. The van der Waals surface area contributed by atoms with Gasteiger partial charge in [-0.1, -0.05) is 46.4 Å². The lowest BCUT2D eigenvalue weighted by Crippen LogP contribution is -2.07. The molecule has 0 amide bonds. The maximum atomic E-state index is 5.62. The van der Waals surface area contributed by atoms with Crippen LogP contribution in [0.2, 0.25) is 0 Å². The van der Waals surface area contributed by atoms with E-state index in [1.165, 1.54) is 0 Å². The van der Waals surface area contributed by atoms with Gasteiger partial charge in [-0.2, -0.15) is 0 Å². The fraction of sp³-hybridized carbons (Fsp3) is 0.600. The van der Waals surface area contributed by atoms with Gasteiger partial charge in [0.25, 0.3) is 0 Å². The van der Waals surface area contributed by atoms with E-state index in [0.717, 1.165) is 0 Å². The van der Waals surface area contributed by atoms with Crippen LogP contribution < -0.4 is 0 Å². The molecule has 0 spiro atoms. The van der Waals surface area contributed by atoms with E-state index in [9.17, 15) is 0 Å². The summed E-state index contributed by atoms with van der Waals surface area (Å²) in [5.74, 6) is 0. The van der Waals surface area contributed by atoms with Crippen LogP contribution >= 0.6 is 46.4 Å². The second-order valence-corrected chi connectivity index (χ2v) is 4.43. The number of hydrogen-bond acceptors (Lipinski definition) is 0. The van der Waals surface area contributed by atoms with E-state index in [4.69, 9.17) is 46.4 Å². The average molecular weight is 208 g/mol. The lowest BCUT2D eigenvalue weighted by molar-refractivity contribution is 1.02. The summed E-state index contributed by atoms with van der Waals surface area (Å²) in [6.07, 6.45) is 0. The number of alkyl halides is 2. The highest BCUT2D eigenvalue weighted by molar-refractivity contribution is 6.58. The monoisotopic (exact) mass is 206 g/mol. The molecule has 0 aromatic heterocycles. The maximum Gasteiger partial charge on any atom is 0.138 e. The van der Waals surface area contributed by atoms with Crippen molar-refractivity contribution in [1.82, 2.24) is 0 Å². The van der Waals surface area contributed by atoms with Gasteiger partial charge in [-0.3, -0.25) is 0 Å². The first kappa shape index (κ1) is 9.90. The molecule has 4 heteroatoms. The summed E-state index contributed by atoms with van der Waals surface area (Å²) in [7, 11) is 0. The predicted molar refractivity (Wildman–Crippen MR) is 44.5 cm³/mol. The molecule has 0 fully saturated rings. The highest BCUT2D eigenvalue weighted by atomic mass is 35.5. The summed E-state index contributed by atoms with van der Waals surface area (Å²) < 4.78 is -0.832. The molecule has 0 unspecified atom stereocenters. The first-order valence-corrected chi connectivity index (χ1v) is 3.77. The minimum Gasteiger partial charge on any atom is -0.0969 e. The molecule has 0 aliphatic heterocycles. The van der Waals surface area contributed by atoms with Crippen LogP contribution in [0.5, 0.6) is 0 Å². The quantitative estimate of drug-likeness (QED) is 0.573. The Labute approximate surface area is 74.7 Å². The Bertz CT molecular complexity index is 126. The van der Waals surface area contributed by atoms with Gasteiger partial charge in [0, 0.05) is 0 Å². The van der Waals surface area contributed by atoms with Gasteiger partial charge in [-0.15, -0.1) is 0 Å². The van der Waals surface area contributed by atoms with Crippen molar-refractivity contribution in [3.05, 3.63) is 10.1 Å². The summed E-state index contributed by atoms with van der Waals surface area (Å²) in [5, 5.41) is 0. The number of allylic oxidation sites excluding steroid dienone is 1. The van der Waals surface area contributed by atoms with Crippen molar-refractivity contribution in [1.29, 1.82) is 0 Å². The zero-order valence-electron chi connectivity index (χ0n) is 5.01. The molecule has 0 atom stereocenters. The van der Waals surface area contributed by atoms with Gasteiger partial charge in [0.2, 0.25) is 0 Å². The number of rotatable bonds is 1. The molecule has 0 aromatic rings. The minimum absolute atomic E-state index is 0.127. The van der Waals surface area contributed by atoms with Gasteiger partial charge >= 0.3 is 0 Å². The third-order valence-electron chi connectivity index (χ3n) is 0.942. The molecule has 0 heterocycles. The normalized spacial score (nSPS) is 11.3. The van der Waals surface area contributed by atoms with Crippen molar-refractivity contribution in [3.8, 4) is 0 Å². The summed E-state index contributed by atoms with van der Waals surface area (Å²) in [6, 6.07) is 0. The lowest BCUT2D eigenvalue weighted by Gasteiger charge is -2.13. The maximum absolute atomic E-state index is 5.62. The Morgan fingerprint density at radius 3 is 1.56 bits per heavy atom. The van der Waals surface area contributed by atoms with Crippen LogP contribution in [0.4, 0.5) is 0 Å². The van der Waals surface area contributed by atoms with Gasteiger partial charge in [0.1, 0.15) is 8.82 Å². The predicted octanol–water partition coefficient (Wildman–Crippen LogP) is 3.89. The SMILES string of the molecule is CC(=C(Cl)Cl)C(C)(Cl)Cl. The third kappa shape index (κ3) is 3.57. The summed E-state index contributed by atoms with van der Waals surface area (Å²) in [4.78, 5) is 0. The van der Waals surface area contributed by atoms with E-state index < -0.39 is 4.33 Å². The van der Waals surface area contributed by atoms with Gasteiger partial charge in [0.05, 0.1) is 0 Å². The molecule has 0 rings (SSSR count). The Morgan fingerprint density at radius 1 is 1.22 bits per heavy atom. The van der Waals surface area contributed by atoms with Crippen molar-refractivity contribution >= 4 is 46.4 Å². The average Bonchev–Trinajstić information content (AvgIpc) is 1.62. The molecule has 0 nitrogen and oxygen atoms in total. The fourth-order valence-corrected chi connectivity index (χ4v) is 0.926. The van der Waals surface area contributed by atoms with Crippen molar-refractivity contribution in [2.75, 3.05) is 0 Å². The molecule has 0 aliphatic carbocycles. The Kier molecular flexibility index (Phi) is 3.67. The minimum atomic E-state index is -0.959. The molecule has 0 bridgehead atoms. The van der Waals surface area contributed by atoms with E-state index in [1.54, 1.807) is 13.8 Å². The van der Waals surface area contributed by atoms with Crippen LogP contribution in [0.25, 0.3) is 0 Å². The van der Waals surface area contributed by atoms with Crippen LogP contribution in [0.3, 0.4) is 0 Å². The van der Waals surface area contributed by atoms with Crippen LogP contribution in [-0.2, 0) is 0 Å². The highest BCUT2D eigenvalue weighted by Crippen LogP contribution is 2.33. The fourth-order valence-electron chi connectivity index (χ4n) is 0.166. The van der Waals surface area contributed by atoms with Gasteiger partial charge in [-0.05, 0) is 19.4 Å². The molecule has 0 saturated carbocycles. The number of hydrogen-bond donors (Lipinski definition) is 0. The zero-order chi connectivity index (χ0) is 7.65. The van der Waals surface area contributed by atoms with Crippen molar-refractivity contribution < 1.29 is 0 Å². The highest BCUT2D eigenvalue weighted by Gasteiger charge is 2.20. The molecular weight excluding hydrogens is 202 g/mol. The Balaban J connectivity index is 4.40. The Hall–Kier alpha value is 0.900. The Morgan fingerprint density at radius 2 is 1.56 bits per heavy atom. The molecule has 0 aliphatic rings. The largest absolute Gasteiger partial charge is 0.138 e. The molecular formula is C5H6Cl4. The molecule has 0 radical (unpaired) electrons. The van der Waals surface area contributed by atoms with E-state index in [2.05, 4.69) is 0 Å². The van der Waals surface area contributed by atoms with E-state index >= 15 is 0 Å². The standard InChI is InChI=1S/C5H6Cl4/c1-3(4(6)7)5(2,8)9/h1-2H3. The molecule has 54 valence electrons. The number of halogens is 4. The van der Waals surface area contributed by atoms with Crippen LogP contribution in [0.15, 0.2) is 10.1 Å². The summed E-state index contributed by atoms with van der Waals surface area (Å²) >= 11 is 22.0. The van der Waals surface area contributed by atoms with Gasteiger partial charge in [-0.25, -0.2) is 0 Å². The first-order valence-electron chi connectivity index (χ1n) is 2.26. The van der Waals surface area contributed by atoms with Crippen molar-refractivity contribution in [2.24, 2.45) is 0 Å².